The Hall–Kier alpha value is -2.57. The van der Waals surface area contributed by atoms with Crippen LogP contribution in [0.3, 0.4) is 0 Å². The molecule has 1 aromatic heterocycles. The quantitative estimate of drug-likeness (QED) is 0.841. The van der Waals surface area contributed by atoms with Gasteiger partial charge in [-0.15, -0.1) is 5.10 Å². The lowest BCUT2D eigenvalue weighted by atomic mass is 10.2. The molecule has 0 unspecified atom stereocenters. The predicted molar refractivity (Wildman–Crippen MR) is 78.5 cm³/mol. The summed E-state index contributed by atoms with van der Waals surface area (Å²) in [6.07, 6.45) is 2.64. The molecule has 2 heterocycles. The van der Waals surface area contributed by atoms with E-state index in [9.17, 15) is 0 Å². The van der Waals surface area contributed by atoms with Crippen LogP contribution in [0.25, 0.3) is 0 Å². The van der Waals surface area contributed by atoms with Crippen molar-refractivity contribution in [2.45, 2.75) is 19.9 Å². The highest BCUT2D eigenvalue weighted by atomic mass is 16.7. The third-order valence-corrected chi connectivity index (χ3v) is 3.00. The number of rotatable bonds is 6. The highest BCUT2D eigenvalue weighted by molar-refractivity contribution is 5.45. The van der Waals surface area contributed by atoms with Crippen LogP contribution in [-0.4, -0.2) is 28.5 Å². The molecular formula is C14H17N5O2. The number of ether oxygens (including phenoxy) is 2. The number of benzene rings is 1. The number of hydrogen-bond acceptors (Lipinski definition) is 7. The molecule has 0 fully saturated rings. The van der Waals surface area contributed by atoms with Gasteiger partial charge >= 0.3 is 0 Å². The molecule has 110 valence electrons. The van der Waals surface area contributed by atoms with Crippen molar-refractivity contribution in [3.63, 3.8) is 0 Å². The van der Waals surface area contributed by atoms with Gasteiger partial charge in [-0.1, -0.05) is 13.0 Å². The van der Waals surface area contributed by atoms with Gasteiger partial charge in [0.25, 0.3) is 0 Å². The number of aromatic nitrogens is 3. The van der Waals surface area contributed by atoms with Crippen LogP contribution in [0.15, 0.2) is 24.4 Å². The monoisotopic (exact) mass is 287 g/mol. The fourth-order valence-corrected chi connectivity index (χ4v) is 1.95. The van der Waals surface area contributed by atoms with Gasteiger partial charge in [0.05, 0.1) is 6.20 Å². The molecule has 1 aromatic carbocycles. The lowest BCUT2D eigenvalue weighted by Crippen LogP contribution is -2.08. The third kappa shape index (κ3) is 3.31. The Bertz CT molecular complexity index is 620. The second-order valence-electron chi connectivity index (χ2n) is 4.63. The van der Waals surface area contributed by atoms with Crippen LogP contribution in [0.2, 0.25) is 0 Å². The van der Waals surface area contributed by atoms with Crippen LogP contribution >= 0.6 is 0 Å². The van der Waals surface area contributed by atoms with Gasteiger partial charge in [-0.25, -0.2) is 0 Å². The first-order valence-corrected chi connectivity index (χ1v) is 6.91. The molecule has 0 radical (unpaired) electrons. The lowest BCUT2D eigenvalue weighted by Gasteiger charge is -2.07. The summed E-state index contributed by atoms with van der Waals surface area (Å²) in [5, 5.41) is 14.2. The Labute approximate surface area is 122 Å². The molecule has 2 N–H and O–H groups in total. The second kappa shape index (κ2) is 6.25. The predicted octanol–water partition coefficient (Wildman–Crippen LogP) is 2.03. The first-order chi connectivity index (χ1) is 10.3. The SMILES string of the molecule is CCCNc1cnnc(NCc2ccc3c(c2)OCO3)n1. The van der Waals surface area contributed by atoms with Crippen molar-refractivity contribution in [3.05, 3.63) is 30.0 Å². The highest BCUT2D eigenvalue weighted by Gasteiger charge is 2.13. The molecule has 0 amide bonds. The summed E-state index contributed by atoms with van der Waals surface area (Å²) in [7, 11) is 0. The van der Waals surface area contributed by atoms with Gasteiger partial charge in [0, 0.05) is 13.1 Å². The maximum absolute atomic E-state index is 5.35. The van der Waals surface area contributed by atoms with E-state index >= 15 is 0 Å². The fraction of sp³-hybridized carbons (Fsp3) is 0.357. The van der Waals surface area contributed by atoms with Crippen LogP contribution in [0, 0.1) is 0 Å². The standard InChI is InChI=1S/C14H17N5O2/c1-2-5-15-13-8-17-19-14(18-13)16-7-10-3-4-11-12(6-10)21-9-20-11/h3-4,6,8H,2,5,7,9H2,1H3,(H2,15,16,18,19). The molecule has 2 aromatic rings. The van der Waals surface area contributed by atoms with E-state index in [0.29, 0.717) is 12.5 Å². The van der Waals surface area contributed by atoms with Gasteiger partial charge in [-0.3, -0.25) is 0 Å². The van der Waals surface area contributed by atoms with Crippen molar-refractivity contribution in [2.24, 2.45) is 0 Å². The molecule has 7 nitrogen and oxygen atoms in total. The maximum Gasteiger partial charge on any atom is 0.244 e. The van der Waals surface area contributed by atoms with E-state index < -0.39 is 0 Å². The zero-order chi connectivity index (χ0) is 14.5. The van der Waals surface area contributed by atoms with Crippen molar-refractivity contribution in [3.8, 4) is 11.5 Å². The lowest BCUT2D eigenvalue weighted by molar-refractivity contribution is 0.174. The molecule has 1 aliphatic rings. The number of fused-ring (bicyclic) bond motifs is 1. The summed E-state index contributed by atoms with van der Waals surface area (Å²) in [5.41, 5.74) is 1.06. The summed E-state index contributed by atoms with van der Waals surface area (Å²) < 4.78 is 10.6. The van der Waals surface area contributed by atoms with Crippen LogP contribution in [0.4, 0.5) is 11.8 Å². The molecule has 21 heavy (non-hydrogen) atoms. The normalized spacial score (nSPS) is 12.2. The van der Waals surface area contributed by atoms with E-state index in [0.717, 1.165) is 35.8 Å². The largest absolute Gasteiger partial charge is 0.454 e. The van der Waals surface area contributed by atoms with Crippen molar-refractivity contribution in [2.75, 3.05) is 24.0 Å². The Morgan fingerprint density at radius 1 is 1.19 bits per heavy atom. The minimum Gasteiger partial charge on any atom is -0.454 e. The number of nitrogens with one attached hydrogen (secondary N) is 2. The molecule has 0 saturated carbocycles. The molecule has 3 rings (SSSR count). The van der Waals surface area contributed by atoms with Crippen molar-refractivity contribution < 1.29 is 9.47 Å². The van der Waals surface area contributed by atoms with E-state index in [2.05, 4.69) is 32.7 Å². The molecule has 0 spiro atoms. The van der Waals surface area contributed by atoms with E-state index in [4.69, 9.17) is 9.47 Å². The van der Waals surface area contributed by atoms with Crippen LogP contribution in [0.5, 0.6) is 11.5 Å². The zero-order valence-electron chi connectivity index (χ0n) is 11.8. The second-order valence-corrected chi connectivity index (χ2v) is 4.63. The van der Waals surface area contributed by atoms with Crippen LogP contribution in [-0.2, 0) is 6.54 Å². The van der Waals surface area contributed by atoms with Crippen molar-refractivity contribution in [1.82, 2.24) is 15.2 Å². The van der Waals surface area contributed by atoms with Gasteiger partial charge in [-0.2, -0.15) is 10.1 Å². The first kappa shape index (κ1) is 13.4. The Morgan fingerprint density at radius 3 is 3.00 bits per heavy atom. The average Bonchev–Trinajstić information content (AvgIpc) is 2.99. The first-order valence-electron chi connectivity index (χ1n) is 6.91. The smallest absolute Gasteiger partial charge is 0.244 e. The van der Waals surface area contributed by atoms with Gasteiger partial charge < -0.3 is 20.1 Å². The van der Waals surface area contributed by atoms with Gasteiger partial charge in [0.1, 0.15) is 5.82 Å². The minimum absolute atomic E-state index is 0.282. The molecule has 1 aliphatic heterocycles. The zero-order valence-corrected chi connectivity index (χ0v) is 11.8. The number of anilines is 2. The minimum atomic E-state index is 0.282. The molecule has 0 bridgehead atoms. The van der Waals surface area contributed by atoms with Crippen LogP contribution < -0.4 is 20.1 Å². The summed E-state index contributed by atoms with van der Waals surface area (Å²) in [4.78, 5) is 4.35. The average molecular weight is 287 g/mol. The Morgan fingerprint density at radius 2 is 2.10 bits per heavy atom. The van der Waals surface area contributed by atoms with E-state index in [1.54, 1.807) is 6.20 Å². The van der Waals surface area contributed by atoms with Crippen molar-refractivity contribution >= 4 is 11.8 Å². The van der Waals surface area contributed by atoms with Gasteiger partial charge in [0.2, 0.25) is 12.7 Å². The third-order valence-electron chi connectivity index (χ3n) is 3.00. The summed E-state index contributed by atoms with van der Waals surface area (Å²) >= 11 is 0. The molecule has 7 heteroatoms. The molecule has 0 atom stereocenters. The molecule has 0 aliphatic carbocycles. The van der Waals surface area contributed by atoms with E-state index in [-0.39, 0.29) is 6.79 Å². The topological polar surface area (TPSA) is 81.2 Å². The van der Waals surface area contributed by atoms with Gasteiger partial charge in [-0.05, 0) is 24.1 Å². The summed E-state index contributed by atoms with van der Waals surface area (Å²) in [6.45, 7) is 3.83. The summed E-state index contributed by atoms with van der Waals surface area (Å²) in [5.74, 6) is 2.77. The Kier molecular flexibility index (Phi) is 3.99. The Balaban J connectivity index is 1.62. The maximum atomic E-state index is 5.35. The molecular weight excluding hydrogens is 270 g/mol. The van der Waals surface area contributed by atoms with Crippen LogP contribution in [0.1, 0.15) is 18.9 Å². The van der Waals surface area contributed by atoms with E-state index in [1.807, 2.05) is 18.2 Å². The summed E-state index contributed by atoms with van der Waals surface area (Å²) in [6, 6.07) is 5.83. The van der Waals surface area contributed by atoms with Gasteiger partial charge in [0.15, 0.2) is 11.5 Å². The number of nitrogens with zero attached hydrogens (tertiary/aromatic N) is 3. The highest BCUT2D eigenvalue weighted by Crippen LogP contribution is 2.32. The van der Waals surface area contributed by atoms with E-state index in [1.165, 1.54) is 0 Å². The van der Waals surface area contributed by atoms with Crippen molar-refractivity contribution in [1.29, 1.82) is 0 Å². The fourth-order valence-electron chi connectivity index (χ4n) is 1.95. The number of hydrogen-bond donors (Lipinski definition) is 2. The molecule has 0 saturated heterocycles.